The number of hydrogen-bond donors (Lipinski definition) is 1. The quantitative estimate of drug-likeness (QED) is 0.920. The zero-order chi connectivity index (χ0) is 13.9. The monoisotopic (exact) mass is 307 g/mol. The molecular weight excluding hydrogens is 293 g/mol. The number of piperazine rings is 1. The fourth-order valence-electron chi connectivity index (χ4n) is 2.50. The lowest BCUT2D eigenvalue weighted by Gasteiger charge is -2.37. The van der Waals surface area contributed by atoms with E-state index >= 15 is 0 Å². The van der Waals surface area contributed by atoms with Gasteiger partial charge in [-0.1, -0.05) is 35.3 Å². The normalized spacial score (nSPS) is 19.1. The van der Waals surface area contributed by atoms with Crippen molar-refractivity contribution in [3.8, 4) is 0 Å². The molecule has 1 N–H and O–H groups in total. The van der Waals surface area contributed by atoms with E-state index in [2.05, 4.69) is 27.3 Å². The Morgan fingerprint density at radius 3 is 2.50 bits per heavy atom. The molecule has 0 bridgehead atoms. The molecule has 0 aliphatic carbocycles. The van der Waals surface area contributed by atoms with Crippen LogP contribution in [-0.4, -0.2) is 24.6 Å². The van der Waals surface area contributed by atoms with Gasteiger partial charge in [-0.2, -0.15) is 0 Å². The van der Waals surface area contributed by atoms with E-state index in [0.717, 1.165) is 30.5 Å². The van der Waals surface area contributed by atoms with E-state index in [1.807, 2.05) is 24.3 Å². The molecule has 0 amide bonds. The maximum absolute atomic E-state index is 5.97. The lowest BCUT2D eigenvalue weighted by molar-refractivity contribution is 0.486. The third-order valence-corrected chi connectivity index (χ3v) is 3.98. The van der Waals surface area contributed by atoms with E-state index in [1.165, 1.54) is 5.56 Å². The maximum Gasteiger partial charge on any atom is 0.129 e. The number of aromatic nitrogens is 1. The van der Waals surface area contributed by atoms with Crippen LogP contribution in [0.3, 0.4) is 0 Å². The van der Waals surface area contributed by atoms with Crippen LogP contribution < -0.4 is 10.2 Å². The zero-order valence-corrected chi connectivity index (χ0v) is 12.4. The minimum atomic E-state index is 0.259. The Balaban J connectivity index is 1.90. The molecule has 2 aromatic rings. The maximum atomic E-state index is 5.97. The minimum Gasteiger partial charge on any atom is -0.347 e. The van der Waals surface area contributed by atoms with Gasteiger partial charge in [-0.3, -0.25) is 0 Å². The molecule has 104 valence electrons. The molecule has 5 heteroatoms. The highest BCUT2D eigenvalue weighted by Crippen LogP contribution is 2.28. The highest BCUT2D eigenvalue weighted by molar-refractivity contribution is 6.30. The summed E-state index contributed by atoms with van der Waals surface area (Å²) in [6, 6.07) is 12.1. The molecule has 1 saturated heterocycles. The molecule has 1 fully saturated rings. The Kier molecular flexibility index (Phi) is 4.10. The third-order valence-electron chi connectivity index (χ3n) is 3.50. The summed E-state index contributed by atoms with van der Waals surface area (Å²) < 4.78 is 0. The number of nitrogens with one attached hydrogen (secondary N) is 1. The highest BCUT2D eigenvalue weighted by Gasteiger charge is 2.24. The van der Waals surface area contributed by atoms with Gasteiger partial charge in [0, 0.05) is 30.9 Å². The summed E-state index contributed by atoms with van der Waals surface area (Å²) in [7, 11) is 0. The van der Waals surface area contributed by atoms with Gasteiger partial charge >= 0.3 is 0 Å². The fourth-order valence-corrected chi connectivity index (χ4v) is 2.74. The smallest absolute Gasteiger partial charge is 0.129 e. The zero-order valence-electron chi connectivity index (χ0n) is 10.9. The van der Waals surface area contributed by atoms with Gasteiger partial charge in [-0.05, 0) is 29.8 Å². The summed E-state index contributed by atoms with van der Waals surface area (Å²) in [5, 5.41) is 4.85. The van der Waals surface area contributed by atoms with Crippen molar-refractivity contribution in [2.75, 3.05) is 24.5 Å². The minimum absolute atomic E-state index is 0.259. The number of benzene rings is 1. The van der Waals surface area contributed by atoms with Crippen molar-refractivity contribution in [1.29, 1.82) is 0 Å². The number of rotatable bonds is 2. The molecule has 0 unspecified atom stereocenters. The second kappa shape index (κ2) is 6.00. The second-order valence-corrected chi connectivity index (χ2v) is 5.67. The van der Waals surface area contributed by atoms with E-state index in [-0.39, 0.29) is 6.04 Å². The van der Waals surface area contributed by atoms with Gasteiger partial charge in [-0.25, -0.2) is 4.98 Å². The summed E-state index contributed by atoms with van der Waals surface area (Å²) >= 11 is 11.9. The van der Waals surface area contributed by atoms with Crippen LogP contribution in [0.1, 0.15) is 11.6 Å². The van der Waals surface area contributed by atoms with Crippen molar-refractivity contribution in [2.24, 2.45) is 0 Å². The van der Waals surface area contributed by atoms with E-state index in [0.29, 0.717) is 5.02 Å². The first-order valence-electron chi connectivity index (χ1n) is 6.58. The Morgan fingerprint density at radius 1 is 1.05 bits per heavy atom. The van der Waals surface area contributed by atoms with Crippen LogP contribution in [0.4, 0.5) is 5.82 Å². The van der Waals surface area contributed by atoms with Crippen molar-refractivity contribution in [2.45, 2.75) is 6.04 Å². The van der Waals surface area contributed by atoms with Crippen LogP contribution in [0.15, 0.2) is 42.6 Å². The number of anilines is 1. The first-order chi connectivity index (χ1) is 9.74. The number of pyridine rings is 1. The van der Waals surface area contributed by atoms with Crippen molar-refractivity contribution in [3.05, 3.63) is 58.2 Å². The van der Waals surface area contributed by atoms with Crippen LogP contribution in [0.2, 0.25) is 10.0 Å². The number of hydrogen-bond acceptors (Lipinski definition) is 3. The second-order valence-electron chi connectivity index (χ2n) is 4.80. The molecule has 1 aromatic heterocycles. The molecule has 1 aromatic carbocycles. The predicted molar refractivity (Wildman–Crippen MR) is 83.7 cm³/mol. The van der Waals surface area contributed by atoms with Crippen molar-refractivity contribution in [3.63, 3.8) is 0 Å². The SMILES string of the molecule is Clc1ccc([C@@H]2CNCCN2c2ccc(Cl)cn2)cc1. The lowest BCUT2D eigenvalue weighted by Crippen LogP contribution is -2.46. The van der Waals surface area contributed by atoms with Gasteiger partial charge in [-0.15, -0.1) is 0 Å². The first kappa shape index (κ1) is 13.7. The highest BCUT2D eigenvalue weighted by atomic mass is 35.5. The third kappa shape index (κ3) is 2.90. The van der Waals surface area contributed by atoms with Crippen LogP contribution in [0.5, 0.6) is 0 Å². The summed E-state index contributed by atoms with van der Waals surface area (Å²) in [6.07, 6.45) is 1.69. The molecule has 3 rings (SSSR count). The van der Waals surface area contributed by atoms with Gasteiger partial charge < -0.3 is 10.2 Å². The molecule has 1 aliphatic heterocycles. The number of halogens is 2. The van der Waals surface area contributed by atoms with Crippen molar-refractivity contribution < 1.29 is 0 Å². The average molecular weight is 308 g/mol. The molecule has 0 radical (unpaired) electrons. The van der Waals surface area contributed by atoms with Crippen molar-refractivity contribution in [1.82, 2.24) is 10.3 Å². The van der Waals surface area contributed by atoms with Crippen LogP contribution in [-0.2, 0) is 0 Å². The predicted octanol–water partition coefficient (Wildman–Crippen LogP) is 3.54. The summed E-state index contributed by atoms with van der Waals surface area (Å²) in [5.41, 5.74) is 1.23. The summed E-state index contributed by atoms with van der Waals surface area (Å²) in [4.78, 5) is 6.74. The molecule has 0 spiro atoms. The van der Waals surface area contributed by atoms with Gasteiger partial charge in [0.2, 0.25) is 0 Å². The Hall–Kier alpha value is -1.29. The molecular formula is C15H15Cl2N3. The average Bonchev–Trinajstić information content (AvgIpc) is 2.49. The topological polar surface area (TPSA) is 28.2 Å². The van der Waals surface area contributed by atoms with Gasteiger partial charge in [0.05, 0.1) is 11.1 Å². The largest absolute Gasteiger partial charge is 0.347 e. The standard InChI is InChI=1S/C15H15Cl2N3/c16-12-3-1-11(2-4-12)14-10-18-7-8-20(14)15-6-5-13(17)9-19-15/h1-6,9,14,18H,7-8,10H2/t14-/m0/s1. The lowest BCUT2D eigenvalue weighted by atomic mass is 10.0. The van der Waals surface area contributed by atoms with E-state index in [9.17, 15) is 0 Å². The Morgan fingerprint density at radius 2 is 1.80 bits per heavy atom. The molecule has 1 aliphatic rings. The molecule has 20 heavy (non-hydrogen) atoms. The Bertz CT molecular complexity index is 515. The van der Waals surface area contributed by atoms with Crippen molar-refractivity contribution >= 4 is 29.0 Å². The summed E-state index contributed by atoms with van der Waals surface area (Å²) in [5.74, 6) is 0.954. The fraction of sp³-hybridized carbons (Fsp3) is 0.267. The van der Waals surface area contributed by atoms with Crippen LogP contribution >= 0.6 is 23.2 Å². The molecule has 0 saturated carbocycles. The van der Waals surface area contributed by atoms with Gasteiger partial charge in [0.25, 0.3) is 0 Å². The van der Waals surface area contributed by atoms with Crippen LogP contribution in [0.25, 0.3) is 0 Å². The number of nitrogens with zero attached hydrogens (tertiary/aromatic N) is 2. The molecule has 2 heterocycles. The Labute approximate surface area is 128 Å². The molecule has 1 atom stereocenters. The van der Waals surface area contributed by atoms with E-state index in [4.69, 9.17) is 23.2 Å². The summed E-state index contributed by atoms with van der Waals surface area (Å²) in [6.45, 7) is 2.77. The van der Waals surface area contributed by atoms with Gasteiger partial charge in [0.15, 0.2) is 0 Å². The van der Waals surface area contributed by atoms with Crippen LogP contribution in [0, 0.1) is 0 Å². The van der Waals surface area contributed by atoms with Gasteiger partial charge in [0.1, 0.15) is 5.82 Å². The molecule has 3 nitrogen and oxygen atoms in total. The van der Waals surface area contributed by atoms with E-state index < -0.39 is 0 Å². The van der Waals surface area contributed by atoms with E-state index in [1.54, 1.807) is 6.20 Å². The first-order valence-corrected chi connectivity index (χ1v) is 7.34.